The van der Waals surface area contributed by atoms with Crippen LogP contribution in [0.15, 0.2) is 0 Å². The summed E-state index contributed by atoms with van der Waals surface area (Å²) in [6, 6.07) is 2.88. The van der Waals surface area contributed by atoms with Gasteiger partial charge in [-0.2, -0.15) is 0 Å². The molecule has 0 spiro atoms. The molecule has 3 heteroatoms. The third kappa shape index (κ3) is 18.4. The molecular weight excluding hydrogens is 264 g/mol. The summed E-state index contributed by atoms with van der Waals surface area (Å²) in [6.45, 7) is 4.57. The van der Waals surface area contributed by atoms with E-state index in [1.54, 1.807) is 0 Å². The van der Waals surface area contributed by atoms with Crippen molar-refractivity contribution in [3.8, 4) is 0 Å². The third-order valence-corrected chi connectivity index (χ3v) is 7.67. The Morgan fingerprint density at radius 2 is 0.895 bits per heavy atom. The van der Waals surface area contributed by atoms with E-state index in [0.717, 1.165) is 0 Å². The van der Waals surface area contributed by atoms with Crippen molar-refractivity contribution in [1.82, 2.24) is 0 Å². The molecule has 116 valence electrons. The molecule has 0 heterocycles. The topological polar surface area (TPSA) is 9.23 Å². The van der Waals surface area contributed by atoms with E-state index in [-0.39, 0.29) is 19.5 Å². The van der Waals surface area contributed by atoms with Gasteiger partial charge in [-0.25, -0.2) is 0 Å². The second-order valence-corrected chi connectivity index (χ2v) is 9.72. The highest BCUT2D eigenvalue weighted by molar-refractivity contribution is 6.42. The van der Waals surface area contributed by atoms with Gasteiger partial charge in [-0.1, -0.05) is 90.9 Å². The van der Waals surface area contributed by atoms with Gasteiger partial charge in [0.05, 0.1) is 0 Å². The zero-order valence-electron chi connectivity index (χ0n) is 13.7. The molecule has 0 aromatic carbocycles. The second kappa shape index (κ2) is 18.4. The molecule has 0 amide bonds. The summed E-state index contributed by atoms with van der Waals surface area (Å²) in [5, 5.41) is 0. The SMILES string of the molecule is CCCCCCCC[SiH2]O[SiH2]CCCCCCCC. The first kappa shape index (κ1) is 19.4. The van der Waals surface area contributed by atoms with Crippen molar-refractivity contribution in [2.24, 2.45) is 0 Å². The molecule has 0 N–H and O–H groups in total. The van der Waals surface area contributed by atoms with E-state index < -0.39 is 0 Å². The molecule has 0 fully saturated rings. The van der Waals surface area contributed by atoms with E-state index in [4.69, 9.17) is 4.12 Å². The summed E-state index contributed by atoms with van der Waals surface area (Å²) in [5.41, 5.74) is 0. The summed E-state index contributed by atoms with van der Waals surface area (Å²) in [4.78, 5) is 0. The fourth-order valence-electron chi connectivity index (χ4n) is 2.42. The fourth-order valence-corrected chi connectivity index (χ4v) is 5.99. The molecule has 1 nitrogen and oxygen atoms in total. The molecule has 0 rings (SSSR count). The Labute approximate surface area is 127 Å². The quantitative estimate of drug-likeness (QED) is 0.296. The van der Waals surface area contributed by atoms with Crippen molar-refractivity contribution in [3.05, 3.63) is 0 Å². The highest BCUT2D eigenvalue weighted by atomic mass is 28.3. The van der Waals surface area contributed by atoms with Gasteiger partial charge in [-0.05, 0) is 12.1 Å². The lowest BCUT2D eigenvalue weighted by Crippen LogP contribution is -2.03. The average Bonchev–Trinajstić information content (AvgIpc) is 2.43. The molecular formula is C16H38OSi2. The van der Waals surface area contributed by atoms with Crippen LogP contribution in [-0.4, -0.2) is 19.5 Å². The Morgan fingerprint density at radius 1 is 0.526 bits per heavy atom. The molecule has 0 unspecified atom stereocenters. The lowest BCUT2D eigenvalue weighted by molar-refractivity contribution is 0.588. The van der Waals surface area contributed by atoms with Gasteiger partial charge in [-0.3, -0.25) is 0 Å². The van der Waals surface area contributed by atoms with Crippen molar-refractivity contribution in [3.63, 3.8) is 0 Å². The molecule has 0 atom stereocenters. The van der Waals surface area contributed by atoms with Crippen LogP contribution < -0.4 is 0 Å². The molecule has 0 aromatic rings. The molecule has 0 bridgehead atoms. The fraction of sp³-hybridized carbons (Fsp3) is 1.00. The van der Waals surface area contributed by atoms with E-state index in [1.807, 2.05) is 0 Å². The van der Waals surface area contributed by atoms with Crippen LogP contribution in [0.4, 0.5) is 0 Å². The van der Waals surface area contributed by atoms with Gasteiger partial charge in [0, 0.05) is 0 Å². The van der Waals surface area contributed by atoms with Gasteiger partial charge in [0.1, 0.15) is 19.5 Å². The Morgan fingerprint density at radius 3 is 1.32 bits per heavy atom. The molecule has 19 heavy (non-hydrogen) atoms. The van der Waals surface area contributed by atoms with Crippen LogP contribution in [0.1, 0.15) is 90.9 Å². The van der Waals surface area contributed by atoms with Crippen molar-refractivity contribution >= 4 is 19.5 Å². The summed E-state index contributed by atoms with van der Waals surface area (Å²) in [6.07, 6.45) is 17.2. The minimum absolute atomic E-state index is 0.114. The van der Waals surface area contributed by atoms with Gasteiger partial charge < -0.3 is 4.12 Å². The van der Waals surface area contributed by atoms with Gasteiger partial charge >= 0.3 is 0 Å². The number of hydrogen-bond donors (Lipinski definition) is 0. The predicted octanol–water partition coefficient (Wildman–Crippen LogP) is 4.73. The van der Waals surface area contributed by atoms with Crippen LogP contribution >= 0.6 is 0 Å². The van der Waals surface area contributed by atoms with Crippen LogP contribution in [0.3, 0.4) is 0 Å². The summed E-state index contributed by atoms with van der Waals surface area (Å²) in [5.74, 6) is 0. The van der Waals surface area contributed by atoms with Crippen molar-refractivity contribution in [2.45, 2.75) is 103 Å². The Kier molecular flexibility index (Phi) is 18.8. The molecule has 0 radical (unpaired) electrons. The molecule has 0 saturated heterocycles. The molecule has 0 aromatic heterocycles. The van der Waals surface area contributed by atoms with E-state index in [0.29, 0.717) is 0 Å². The Bertz CT molecular complexity index is 138. The second-order valence-electron chi connectivity index (χ2n) is 5.86. The number of hydrogen-bond acceptors (Lipinski definition) is 1. The van der Waals surface area contributed by atoms with Crippen molar-refractivity contribution < 1.29 is 4.12 Å². The normalized spacial score (nSPS) is 12.3. The maximum Gasteiger partial charge on any atom is 0.146 e. The van der Waals surface area contributed by atoms with E-state index in [2.05, 4.69) is 13.8 Å². The first-order chi connectivity index (χ1) is 9.41. The maximum atomic E-state index is 5.97. The summed E-state index contributed by atoms with van der Waals surface area (Å²) < 4.78 is 5.97. The smallest absolute Gasteiger partial charge is 0.146 e. The van der Waals surface area contributed by atoms with Crippen LogP contribution in [0.25, 0.3) is 0 Å². The van der Waals surface area contributed by atoms with Crippen LogP contribution in [0.5, 0.6) is 0 Å². The zero-order chi connectivity index (χ0) is 14.0. The van der Waals surface area contributed by atoms with Crippen molar-refractivity contribution in [2.75, 3.05) is 0 Å². The highest BCUT2D eigenvalue weighted by Gasteiger charge is 1.94. The predicted molar refractivity (Wildman–Crippen MR) is 94.5 cm³/mol. The highest BCUT2D eigenvalue weighted by Crippen LogP contribution is 2.08. The summed E-state index contributed by atoms with van der Waals surface area (Å²) >= 11 is 0. The number of rotatable bonds is 16. The van der Waals surface area contributed by atoms with Gasteiger partial charge in [0.2, 0.25) is 0 Å². The molecule has 0 aliphatic heterocycles. The first-order valence-electron chi connectivity index (χ1n) is 8.99. The van der Waals surface area contributed by atoms with Crippen molar-refractivity contribution in [1.29, 1.82) is 0 Å². The Hall–Kier alpha value is 0.394. The maximum absolute atomic E-state index is 5.97. The van der Waals surface area contributed by atoms with Crippen LogP contribution in [0.2, 0.25) is 12.1 Å². The standard InChI is InChI=1S/C16H38OSi2/c1-3-5-7-9-11-13-15-18-17-19-16-14-12-10-8-6-4-2/h3-16,18-19H2,1-2H3. The lowest BCUT2D eigenvalue weighted by Gasteiger charge is -2.04. The zero-order valence-corrected chi connectivity index (χ0v) is 16.6. The van der Waals surface area contributed by atoms with Gasteiger partial charge in [0.25, 0.3) is 0 Å². The van der Waals surface area contributed by atoms with E-state index >= 15 is 0 Å². The van der Waals surface area contributed by atoms with E-state index in [9.17, 15) is 0 Å². The lowest BCUT2D eigenvalue weighted by atomic mass is 10.1. The van der Waals surface area contributed by atoms with Crippen LogP contribution in [0, 0.1) is 0 Å². The Balaban J connectivity index is 2.88. The average molecular weight is 303 g/mol. The van der Waals surface area contributed by atoms with Gasteiger partial charge in [-0.15, -0.1) is 0 Å². The first-order valence-corrected chi connectivity index (χ1v) is 12.1. The largest absolute Gasteiger partial charge is 0.465 e. The van der Waals surface area contributed by atoms with E-state index in [1.165, 1.54) is 89.1 Å². The molecule has 0 aliphatic rings. The summed E-state index contributed by atoms with van der Waals surface area (Å²) in [7, 11) is -0.228. The minimum Gasteiger partial charge on any atom is -0.465 e. The number of unbranched alkanes of at least 4 members (excludes halogenated alkanes) is 10. The van der Waals surface area contributed by atoms with Crippen LogP contribution in [-0.2, 0) is 4.12 Å². The molecule has 0 aliphatic carbocycles. The minimum atomic E-state index is -0.114. The molecule has 0 saturated carbocycles. The third-order valence-electron chi connectivity index (χ3n) is 3.78. The van der Waals surface area contributed by atoms with Gasteiger partial charge in [0.15, 0.2) is 0 Å². The monoisotopic (exact) mass is 302 g/mol.